The van der Waals surface area contributed by atoms with E-state index in [-0.39, 0.29) is 23.9 Å². The molecule has 1 N–H and O–H groups in total. The first-order valence-corrected chi connectivity index (χ1v) is 20.2. The van der Waals surface area contributed by atoms with E-state index in [9.17, 15) is 18.0 Å². The molecule has 9 heteroatoms. The summed E-state index contributed by atoms with van der Waals surface area (Å²) in [4.78, 5) is 30.2. The maximum absolute atomic E-state index is 14.5. The quantitative estimate of drug-likeness (QED) is 0.215. The normalized spacial score (nSPS) is 25.2. The number of benzene rings is 3. The lowest BCUT2D eigenvalue weighted by Gasteiger charge is -2.57. The molecule has 0 saturated heterocycles. The summed E-state index contributed by atoms with van der Waals surface area (Å²) in [6.45, 7) is -0.278. The van der Waals surface area contributed by atoms with Gasteiger partial charge in [-0.3, -0.25) is 13.9 Å². The molecule has 0 radical (unpaired) electrons. The summed E-state index contributed by atoms with van der Waals surface area (Å²) in [5, 5.41) is 3.79. The molecule has 4 bridgehead atoms. The predicted octanol–water partition coefficient (Wildman–Crippen LogP) is 7.27. The number of rotatable bonds is 12. The van der Waals surface area contributed by atoms with E-state index in [1.807, 2.05) is 54.6 Å². The van der Waals surface area contributed by atoms with Crippen LogP contribution >= 0.6 is 11.6 Å². The zero-order valence-corrected chi connectivity index (χ0v) is 30.0. The van der Waals surface area contributed by atoms with Gasteiger partial charge in [-0.25, -0.2) is 8.42 Å². The van der Waals surface area contributed by atoms with Crippen molar-refractivity contribution in [1.82, 2.24) is 10.2 Å². The van der Waals surface area contributed by atoms with Crippen molar-refractivity contribution in [2.75, 3.05) is 17.1 Å². The standard InChI is InChI=1S/C40H48ClN3O4S/c1-49(47,48)44(36-17-13-33(14-18-36)40-23-30-19-31(24-40)21-32(20-30)25-40)27-38(45)43(26-29-11-15-34(41)16-12-29)37(22-28-7-3-2-4-8-28)39(46)42-35-9-5-6-10-35/h2-4,7-8,11-18,30-32,35,37H,5-6,9-10,19-27H2,1H3,(H,42,46)/t30?,31?,32?,37-,40?/m1/s1. The van der Waals surface area contributed by atoms with Gasteiger partial charge in [0.15, 0.2) is 0 Å². The van der Waals surface area contributed by atoms with Crippen molar-refractivity contribution in [2.45, 2.75) is 94.7 Å². The molecule has 8 rings (SSSR count). The van der Waals surface area contributed by atoms with Crippen molar-refractivity contribution in [2.24, 2.45) is 17.8 Å². The molecule has 0 aliphatic heterocycles. The fourth-order valence-corrected chi connectivity index (χ4v) is 10.7. The number of sulfonamides is 1. The van der Waals surface area contributed by atoms with Crippen LogP contribution in [0.4, 0.5) is 5.69 Å². The molecule has 0 aromatic heterocycles. The Kier molecular flexibility index (Phi) is 9.82. The summed E-state index contributed by atoms with van der Waals surface area (Å²) >= 11 is 6.19. The minimum atomic E-state index is -3.84. The smallest absolute Gasteiger partial charge is 0.244 e. The number of hydrogen-bond donors (Lipinski definition) is 1. The lowest BCUT2D eigenvalue weighted by molar-refractivity contribution is -0.140. The van der Waals surface area contributed by atoms with Crippen molar-refractivity contribution in [3.8, 4) is 0 Å². The molecule has 49 heavy (non-hydrogen) atoms. The Morgan fingerprint density at radius 2 is 1.43 bits per heavy atom. The number of anilines is 1. The second kappa shape index (κ2) is 14.1. The SMILES string of the molecule is CS(=O)(=O)N(CC(=O)N(Cc1ccc(Cl)cc1)[C@H](Cc1ccccc1)C(=O)NC1CCCC1)c1ccc(C23CC4CC(CC(C4)C2)C3)cc1. The van der Waals surface area contributed by atoms with E-state index < -0.39 is 28.5 Å². The number of nitrogens with one attached hydrogen (secondary N) is 1. The van der Waals surface area contributed by atoms with Crippen LogP contribution in [-0.2, 0) is 38.0 Å². The average Bonchev–Trinajstić information content (AvgIpc) is 3.58. The maximum atomic E-state index is 14.5. The molecule has 0 heterocycles. The highest BCUT2D eigenvalue weighted by atomic mass is 35.5. The van der Waals surface area contributed by atoms with E-state index in [1.165, 1.54) is 48.4 Å². The van der Waals surface area contributed by atoms with Crippen LogP contribution in [0.2, 0.25) is 5.02 Å². The van der Waals surface area contributed by atoms with Crippen LogP contribution in [0.15, 0.2) is 78.9 Å². The fraction of sp³-hybridized carbons (Fsp3) is 0.500. The third-order valence-electron chi connectivity index (χ3n) is 11.7. The summed E-state index contributed by atoms with van der Waals surface area (Å²) in [6.07, 6.45) is 13.1. The molecular formula is C40H48ClN3O4S. The molecule has 260 valence electrons. The third kappa shape index (κ3) is 7.70. The van der Waals surface area contributed by atoms with Crippen molar-refractivity contribution in [1.29, 1.82) is 0 Å². The van der Waals surface area contributed by atoms with Crippen LogP contribution < -0.4 is 9.62 Å². The van der Waals surface area contributed by atoms with Crippen LogP contribution in [0, 0.1) is 17.8 Å². The molecule has 5 saturated carbocycles. The average molecular weight is 702 g/mol. The number of nitrogens with zero attached hydrogens (tertiary/aromatic N) is 2. The molecule has 1 atom stereocenters. The van der Waals surface area contributed by atoms with Gasteiger partial charge in [-0.1, -0.05) is 79.0 Å². The number of amides is 2. The van der Waals surface area contributed by atoms with E-state index in [0.717, 1.165) is 60.8 Å². The molecule has 3 aromatic carbocycles. The van der Waals surface area contributed by atoms with Gasteiger partial charge in [-0.2, -0.15) is 0 Å². The van der Waals surface area contributed by atoms with Crippen LogP contribution in [0.5, 0.6) is 0 Å². The van der Waals surface area contributed by atoms with E-state index in [4.69, 9.17) is 11.6 Å². The largest absolute Gasteiger partial charge is 0.352 e. The second-order valence-electron chi connectivity index (χ2n) is 15.4. The van der Waals surface area contributed by atoms with Gasteiger partial charge < -0.3 is 10.2 Å². The third-order valence-corrected chi connectivity index (χ3v) is 13.1. The summed E-state index contributed by atoms with van der Waals surface area (Å²) < 4.78 is 28.0. The minimum absolute atomic E-state index is 0.0678. The Morgan fingerprint density at radius 1 is 0.837 bits per heavy atom. The molecule has 0 unspecified atom stereocenters. The number of carbonyl (C=O) groups excluding carboxylic acids is 2. The van der Waals surface area contributed by atoms with Crippen molar-refractivity contribution >= 4 is 39.1 Å². The maximum Gasteiger partial charge on any atom is 0.244 e. The molecule has 0 spiro atoms. The van der Waals surface area contributed by atoms with E-state index in [0.29, 0.717) is 17.1 Å². The molecular weight excluding hydrogens is 654 g/mol. The van der Waals surface area contributed by atoms with Gasteiger partial charge in [0.25, 0.3) is 0 Å². The molecule has 5 fully saturated rings. The first-order valence-electron chi connectivity index (χ1n) is 18.0. The Bertz CT molecular complexity index is 1700. The van der Waals surface area contributed by atoms with Gasteiger partial charge in [-0.15, -0.1) is 0 Å². The van der Waals surface area contributed by atoms with Crippen LogP contribution in [0.25, 0.3) is 0 Å². The second-order valence-corrected chi connectivity index (χ2v) is 17.7. The molecule has 5 aliphatic rings. The zero-order valence-electron chi connectivity index (χ0n) is 28.4. The van der Waals surface area contributed by atoms with Crippen LogP contribution in [-0.4, -0.2) is 50.0 Å². The predicted molar refractivity (Wildman–Crippen MR) is 195 cm³/mol. The monoisotopic (exact) mass is 701 g/mol. The van der Waals surface area contributed by atoms with Crippen molar-refractivity contribution < 1.29 is 18.0 Å². The topological polar surface area (TPSA) is 86.8 Å². The van der Waals surface area contributed by atoms with Crippen LogP contribution in [0.1, 0.15) is 80.9 Å². The molecule has 7 nitrogen and oxygen atoms in total. The van der Waals surface area contributed by atoms with Crippen molar-refractivity contribution in [3.63, 3.8) is 0 Å². The number of hydrogen-bond acceptors (Lipinski definition) is 4. The molecule has 2 amide bonds. The summed E-state index contributed by atoms with van der Waals surface area (Å²) in [7, 11) is -3.84. The van der Waals surface area contributed by atoms with Crippen molar-refractivity contribution in [3.05, 3.63) is 101 Å². The van der Waals surface area contributed by atoms with E-state index in [2.05, 4.69) is 17.4 Å². The van der Waals surface area contributed by atoms with E-state index in [1.54, 1.807) is 17.0 Å². The zero-order chi connectivity index (χ0) is 34.2. The first-order chi connectivity index (χ1) is 23.5. The summed E-state index contributed by atoms with van der Waals surface area (Å²) in [5.41, 5.74) is 3.67. The summed E-state index contributed by atoms with van der Waals surface area (Å²) in [6, 6.07) is 24.1. The Hall–Kier alpha value is -3.36. The minimum Gasteiger partial charge on any atom is -0.352 e. The van der Waals surface area contributed by atoms with Gasteiger partial charge in [0.2, 0.25) is 21.8 Å². The van der Waals surface area contributed by atoms with Gasteiger partial charge in [-0.05, 0) is 115 Å². The lowest BCUT2D eigenvalue weighted by atomic mass is 9.48. The Labute approximate surface area is 296 Å². The molecule has 5 aliphatic carbocycles. The Balaban J connectivity index is 1.18. The highest BCUT2D eigenvalue weighted by molar-refractivity contribution is 7.92. The Morgan fingerprint density at radius 3 is 2.00 bits per heavy atom. The molecule has 3 aromatic rings. The fourth-order valence-electron chi connectivity index (χ4n) is 9.77. The van der Waals surface area contributed by atoms with Gasteiger partial charge in [0.1, 0.15) is 12.6 Å². The number of carbonyl (C=O) groups is 2. The van der Waals surface area contributed by atoms with Crippen LogP contribution in [0.3, 0.4) is 0 Å². The van der Waals surface area contributed by atoms with Gasteiger partial charge in [0, 0.05) is 24.0 Å². The number of halogens is 1. The highest BCUT2D eigenvalue weighted by Crippen LogP contribution is 2.60. The van der Waals surface area contributed by atoms with Gasteiger partial charge in [0.05, 0.1) is 11.9 Å². The lowest BCUT2D eigenvalue weighted by Crippen LogP contribution is -2.54. The first kappa shape index (κ1) is 34.1. The van der Waals surface area contributed by atoms with E-state index >= 15 is 0 Å². The summed E-state index contributed by atoms with van der Waals surface area (Å²) in [5.74, 6) is 1.75. The van der Waals surface area contributed by atoms with Gasteiger partial charge >= 0.3 is 0 Å². The highest BCUT2D eigenvalue weighted by Gasteiger charge is 2.51.